The Balaban J connectivity index is 1.98. The van der Waals surface area contributed by atoms with Gasteiger partial charge in [0.05, 0.1) is 24.8 Å². The van der Waals surface area contributed by atoms with Crippen molar-refractivity contribution in [2.45, 2.75) is 20.0 Å². The molecule has 7 heteroatoms. The summed E-state index contributed by atoms with van der Waals surface area (Å²) in [6.07, 6.45) is 0.0231. The van der Waals surface area contributed by atoms with E-state index in [9.17, 15) is 14.0 Å². The number of nitrogens with zero attached hydrogens (tertiary/aromatic N) is 1. The van der Waals surface area contributed by atoms with Gasteiger partial charge in [0.15, 0.2) is 0 Å². The number of methoxy groups -OCH3 is 1. The summed E-state index contributed by atoms with van der Waals surface area (Å²) in [7, 11) is 1.50. The van der Waals surface area contributed by atoms with E-state index in [1.807, 2.05) is 13.8 Å². The third-order valence-electron chi connectivity index (χ3n) is 4.32. The van der Waals surface area contributed by atoms with E-state index in [1.54, 1.807) is 24.3 Å². The number of rotatable bonds is 8. The van der Waals surface area contributed by atoms with Crippen LogP contribution >= 0.6 is 0 Å². The van der Waals surface area contributed by atoms with Crippen LogP contribution in [0.3, 0.4) is 0 Å². The zero-order chi connectivity index (χ0) is 21.0. The maximum absolute atomic E-state index is 13.2. The highest BCUT2D eigenvalue weighted by Crippen LogP contribution is 2.31. The van der Waals surface area contributed by atoms with Gasteiger partial charge in [0.25, 0.3) is 11.8 Å². The van der Waals surface area contributed by atoms with E-state index in [4.69, 9.17) is 9.47 Å². The first kappa shape index (κ1) is 20.5. The predicted octanol–water partition coefficient (Wildman–Crippen LogP) is 3.45. The minimum Gasteiger partial charge on any atom is -0.491 e. The Hall–Kier alpha value is -3.19. The number of ether oxygens (including phenoxy) is 2. The molecule has 0 radical (unpaired) electrons. The summed E-state index contributed by atoms with van der Waals surface area (Å²) in [5.74, 6) is -0.575. The van der Waals surface area contributed by atoms with Gasteiger partial charge < -0.3 is 14.8 Å². The lowest BCUT2D eigenvalue weighted by molar-refractivity contribution is -0.137. The van der Waals surface area contributed by atoms with Gasteiger partial charge in [-0.1, -0.05) is 12.1 Å². The van der Waals surface area contributed by atoms with Crippen molar-refractivity contribution < 1.29 is 23.5 Å². The summed E-state index contributed by atoms with van der Waals surface area (Å²) in [5.41, 5.74) is 1.50. The molecule has 29 heavy (non-hydrogen) atoms. The molecule has 0 bridgehead atoms. The number of anilines is 1. The van der Waals surface area contributed by atoms with Gasteiger partial charge >= 0.3 is 0 Å². The first-order valence-corrected chi connectivity index (χ1v) is 9.29. The molecular weight excluding hydrogens is 375 g/mol. The van der Waals surface area contributed by atoms with Crippen LogP contribution in [0.15, 0.2) is 54.2 Å². The SMILES string of the molecule is COCCN1C(=O)C(Nc2ccc(F)cc2)=C(c2ccc(OC(C)C)cc2)C1=O. The zero-order valence-electron chi connectivity index (χ0n) is 16.6. The van der Waals surface area contributed by atoms with Crippen LogP contribution in [0.5, 0.6) is 5.75 Å². The Bertz CT molecular complexity index is 921. The van der Waals surface area contributed by atoms with Crippen molar-refractivity contribution in [3.63, 3.8) is 0 Å². The van der Waals surface area contributed by atoms with Gasteiger partial charge in [-0.2, -0.15) is 0 Å². The second-order valence-corrected chi connectivity index (χ2v) is 6.83. The predicted molar refractivity (Wildman–Crippen MR) is 108 cm³/mol. The molecule has 152 valence electrons. The van der Waals surface area contributed by atoms with Crippen molar-refractivity contribution in [3.8, 4) is 5.75 Å². The largest absolute Gasteiger partial charge is 0.491 e. The number of carbonyl (C=O) groups is 2. The summed E-state index contributed by atoms with van der Waals surface area (Å²) in [4.78, 5) is 27.1. The molecule has 0 aliphatic carbocycles. The average Bonchev–Trinajstić information content (AvgIpc) is 2.92. The van der Waals surface area contributed by atoms with Crippen molar-refractivity contribution in [3.05, 3.63) is 65.6 Å². The Labute approximate surface area is 168 Å². The lowest BCUT2D eigenvalue weighted by Gasteiger charge is -2.14. The lowest BCUT2D eigenvalue weighted by Crippen LogP contribution is -2.35. The van der Waals surface area contributed by atoms with E-state index in [-0.39, 0.29) is 36.3 Å². The average molecular weight is 398 g/mol. The molecule has 0 saturated carbocycles. The molecular formula is C22H23FN2O4. The van der Waals surface area contributed by atoms with Crippen LogP contribution in [0.25, 0.3) is 5.57 Å². The molecule has 2 aromatic carbocycles. The molecule has 0 unspecified atom stereocenters. The van der Waals surface area contributed by atoms with Crippen LogP contribution in [-0.4, -0.2) is 43.1 Å². The molecule has 0 spiro atoms. The van der Waals surface area contributed by atoms with Crippen LogP contribution in [0.1, 0.15) is 19.4 Å². The summed E-state index contributed by atoms with van der Waals surface area (Å²) < 4.78 is 23.9. The van der Waals surface area contributed by atoms with E-state index in [0.717, 1.165) is 4.90 Å². The standard InChI is InChI=1S/C22H23FN2O4/c1-14(2)29-18-10-4-15(5-11-18)19-20(24-17-8-6-16(23)7-9-17)22(27)25(21(19)26)12-13-28-3/h4-11,14,24H,12-13H2,1-3H3. The van der Waals surface area contributed by atoms with E-state index in [2.05, 4.69) is 5.32 Å². The van der Waals surface area contributed by atoms with Crippen LogP contribution in [0.4, 0.5) is 10.1 Å². The van der Waals surface area contributed by atoms with E-state index >= 15 is 0 Å². The quantitative estimate of drug-likeness (QED) is 0.690. The highest BCUT2D eigenvalue weighted by Gasteiger charge is 2.38. The zero-order valence-corrected chi connectivity index (χ0v) is 16.6. The third-order valence-corrected chi connectivity index (χ3v) is 4.32. The first-order valence-electron chi connectivity index (χ1n) is 9.29. The van der Waals surface area contributed by atoms with E-state index < -0.39 is 11.8 Å². The van der Waals surface area contributed by atoms with Crippen molar-refractivity contribution in [2.75, 3.05) is 25.6 Å². The Morgan fingerprint density at radius 3 is 2.24 bits per heavy atom. The summed E-state index contributed by atoms with van der Waals surface area (Å²) in [6, 6.07) is 12.6. The maximum atomic E-state index is 13.2. The molecule has 1 aliphatic heterocycles. The number of carbonyl (C=O) groups excluding carboxylic acids is 2. The highest BCUT2D eigenvalue weighted by atomic mass is 19.1. The molecule has 0 aromatic heterocycles. The third kappa shape index (κ3) is 4.63. The molecule has 6 nitrogen and oxygen atoms in total. The fourth-order valence-electron chi connectivity index (χ4n) is 3.00. The van der Waals surface area contributed by atoms with Gasteiger partial charge in [0.2, 0.25) is 0 Å². The molecule has 1 heterocycles. The number of nitrogens with one attached hydrogen (secondary N) is 1. The van der Waals surface area contributed by atoms with Crippen LogP contribution < -0.4 is 10.1 Å². The van der Waals surface area contributed by atoms with E-state index in [0.29, 0.717) is 17.0 Å². The second-order valence-electron chi connectivity index (χ2n) is 6.83. The minimum absolute atomic E-state index is 0.0231. The maximum Gasteiger partial charge on any atom is 0.278 e. The van der Waals surface area contributed by atoms with Crippen molar-refractivity contribution in [2.24, 2.45) is 0 Å². The number of imide groups is 1. The number of hydrogen-bond acceptors (Lipinski definition) is 5. The second kappa shape index (κ2) is 8.87. The van der Waals surface area contributed by atoms with E-state index in [1.165, 1.54) is 31.4 Å². The molecule has 2 aromatic rings. The first-order chi connectivity index (χ1) is 13.9. The molecule has 3 rings (SSSR count). The van der Waals surface area contributed by atoms with Gasteiger partial charge in [-0.15, -0.1) is 0 Å². The van der Waals surface area contributed by atoms with Gasteiger partial charge in [-0.05, 0) is 55.8 Å². The number of benzene rings is 2. The van der Waals surface area contributed by atoms with Gasteiger partial charge in [0, 0.05) is 12.8 Å². The molecule has 1 aliphatic rings. The van der Waals surface area contributed by atoms with Crippen LogP contribution in [-0.2, 0) is 14.3 Å². The highest BCUT2D eigenvalue weighted by molar-refractivity contribution is 6.36. The lowest BCUT2D eigenvalue weighted by atomic mass is 10.0. The van der Waals surface area contributed by atoms with Gasteiger partial charge in [-0.3, -0.25) is 14.5 Å². The smallest absolute Gasteiger partial charge is 0.278 e. The normalized spacial score (nSPS) is 14.2. The van der Waals surface area contributed by atoms with Gasteiger partial charge in [0.1, 0.15) is 17.3 Å². The topological polar surface area (TPSA) is 67.9 Å². The molecule has 2 amide bonds. The molecule has 0 fully saturated rings. The van der Waals surface area contributed by atoms with Crippen molar-refractivity contribution in [1.29, 1.82) is 0 Å². The fraction of sp³-hybridized carbons (Fsp3) is 0.273. The summed E-state index contributed by atoms with van der Waals surface area (Å²) >= 11 is 0. The van der Waals surface area contributed by atoms with Crippen molar-refractivity contribution in [1.82, 2.24) is 4.90 Å². The minimum atomic E-state index is -0.450. The molecule has 1 N–H and O–H groups in total. The monoisotopic (exact) mass is 398 g/mol. The fourth-order valence-corrected chi connectivity index (χ4v) is 3.00. The summed E-state index contributed by atoms with van der Waals surface area (Å²) in [5, 5.41) is 2.98. The van der Waals surface area contributed by atoms with Gasteiger partial charge in [-0.25, -0.2) is 4.39 Å². The Kier molecular flexibility index (Phi) is 6.29. The number of hydrogen-bond donors (Lipinski definition) is 1. The molecule has 0 atom stereocenters. The molecule has 0 saturated heterocycles. The van der Waals surface area contributed by atoms with Crippen molar-refractivity contribution >= 4 is 23.1 Å². The number of halogens is 1. The Morgan fingerprint density at radius 2 is 1.66 bits per heavy atom. The number of amides is 2. The van der Waals surface area contributed by atoms with Crippen LogP contribution in [0, 0.1) is 5.82 Å². The van der Waals surface area contributed by atoms with Crippen LogP contribution in [0.2, 0.25) is 0 Å². The summed E-state index contributed by atoms with van der Waals surface area (Å²) in [6.45, 7) is 4.22. The Morgan fingerprint density at radius 1 is 1.00 bits per heavy atom.